The van der Waals surface area contributed by atoms with Gasteiger partial charge in [0.1, 0.15) is 6.10 Å². The Bertz CT molecular complexity index is 504. The summed E-state index contributed by atoms with van der Waals surface area (Å²) in [6.07, 6.45) is -0.237. The number of rotatable bonds is 2. The molecule has 1 aliphatic rings. The van der Waals surface area contributed by atoms with Gasteiger partial charge in [-0.3, -0.25) is 0 Å². The van der Waals surface area contributed by atoms with Gasteiger partial charge in [0.05, 0.1) is 29.7 Å². The molecule has 6 nitrogen and oxygen atoms in total. The molecule has 1 saturated heterocycles. The van der Waals surface area contributed by atoms with Crippen LogP contribution in [0.3, 0.4) is 0 Å². The van der Waals surface area contributed by atoms with E-state index in [0.29, 0.717) is 31.5 Å². The summed E-state index contributed by atoms with van der Waals surface area (Å²) in [5, 5.41) is 4.62. The minimum atomic E-state index is -0.237. The number of aromatic nitrogens is 2. The minimum Gasteiger partial charge on any atom is -0.391 e. The number of hydrogen-bond acceptors (Lipinski definition) is 7. The van der Waals surface area contributed by atoms with E-state index in [0.717, 1.165) is 9.88 Å². The van der Waals surface area contributed by atoms with Crippen molar-refractivity contribution >= 4 is 16.3 Å². The van der Waals surface area contributed by atoms with E-state index in [9.17, 15) is 0 Å². The summed E-state index contributed by atoms with van der Waals surface area (Å²) in [6.45, 7) is 1.63. The first kappa shape index (κ1) is 10.7. The van der Waals surface area contributed by atoms with Crippen molar-refractivity contribution in [2.24, 2.45) is 0 Å². The summed E-state index contributed by atoms with van der Waals surface area (Å²) >= 11 is 1.41. The summed E-state index contributed by atoms with van der Waals surface area (Å²) in [4.78, 5) is 5.15. The van der Waals surface area contributed by atoms with E-state index < -0.39 is 0 Å². The largest absolute Gasteiger partial charge is 0.391 e. The molecular formula is C10H11N3O3S. The lowest BCUT2D eigenvalue weighted by Gasteiger charge is -2.19. The zero-order valence-electron chi connectivity index (χ0n) is 8.96. The van der Waals surface area contributed by atoms with E-state index in [1.165, 1.54) is 11.3 Å². The molecule has 0 aliphatic carbocycles. The van der Waals surface area contributed by atoms with Gasteiger partial charge in [-0.15, -0.1) is 11.3 Å². The molecule has 1 fully saturated rings. The number of nitrogens with zero attached hydrogens (tertiary/aromatic N) is 2. The maximum Gasteiger partial charge on any atom is 0.268 e. The van der Waals surface area contributed by atoms with Crippen LogP contribution in [0, 0.1) is 0 Å². The van der Waals surface area contributed by atoms with Gasteiger partial charge in [0, 0.05) is 0 Å². The van der Waals surface area contributed by atoms with Crippen molar-refractivity contribution in [2.75, 3.05) is 25.6 Å². The van der Waals surface area contributed by atoms with Gasteiger partial charge in [0.2, 0.25) is 5.82 Å². The Morgan fingerprint density at radius 1 is 1.35 bits per heavy atom. The fourth-order valence-corrected chi connectivity index (χ4v) is 2.27. The third-order valence-electron chi connectivity index (χ3n) is 2.38. The monoisotopic (exact) mass is 253 g/mol. The van der Waals surface area contributed by atoms with E-state index >= 15 is 0 Å². The Balaban J connectivity index is 1.82. The Kier molecular flexibility index (Phi) is 2.79. The van der Waals surface area contributed by atoms with E-state index in [1.807, 2.05) is 12.1 Å². The molecule has 0 amide bonds. The zero-order valence-corrected chi connectivity index (χ0v) is 9.77. The minimum absolute atomic E-state index is 0.237. The summed E-state index contributed by atoms with van der Waals surface area (Å²) < 4.78 is 16.0. The Morgan fingerprint density at radius 3 is 3.00 bits per heavy atom. The molecular weight excluding hydrogens is 242 g/mol. The van der Waals surface area contributed by atoms with Crippen molar-refractivity contribution in [1.29, 1.82) is 0 Å². The van der Waals surface area contributed by atoms with Gasteiger partial charge in [0.25, 0.3) is 5.89 Å². The molecule has 2 aromatic heterocycles. The molecule has 0 aromatic carbocycles. The molecule has 0 radical (unpaired) electrons. The zero-order chi connectivity index (χ0) is 11.7. The molecule has 2 N–H and O–H groups in total. The van der Waals surface area contributed by atoms with Crippen LogP contribution in [-0.4, -0.2) is 30.0 Å². The number of nitrogens with two attached hydrogens (primary N) is 1. The second kappa shape index (κ2) is 4.44. The van der Waals surface area contributed by atoms with Crippen LogP contribution in [0.15, 0.2) is 16.7 Å². The van der Waals surface area contributed by atoms with E-state index in [4.69, 9.17) is 19.7 Å². The van der Waals surface area contributed by atoms with E-state index in [1.54, 1.807) is 0 Å². The quantitative estimate of drug-likeness (QED) is 0.872. The molecule has 3 rings (SSSR count). The molecule has 3 heterocycles. The summed E-state index contributed by atoms with van der Waals surface area (Å²) in [5.74, 6) is 0.988. The maximum atomic E-state index is 5.65. The van der Waals surface area contributed by atoms with Gasteiger partial charge in [0.15, 0.2) is 0 Å². The second-order valence-corrected chi connectivity index (χ2v) is 4.71. The smallest absolute Gasteiger partial charge is 0.268 e. The number of anilines is 1. The summed E-state index contributed by atoms with van der Waals surface area (Å²) in [7, 11) is 0. The fourth-order valence-electron chi connectivity index (χ4n) is 1.57. The predicted molar refractivity (Wildman–Crippen MR) is 61.5 cm³/mol. The Labute approximate surface area is 101 Å². The summed E-state index contributed by atoms with van der Waals surface area (Å²) in [6, 6.07) is 3.67. The normalized spacial score (nSPS) is 20.6. The summed E-state index contributed by atoms with van der Waals surface area (Å²) in [5.41, 5.74) is 5.65. The van der Waals surface area contributed by atoms with Crippen LogP contribution in [0.2, 0.25) is 0 Å². The molecule has 2 aromatic rings. The van der Waals surface area contributed by atoms with Crippen LogP contribution in [0.5, 0.6) is 0 Å². The third-order valence-corrected chi connectivity index (χ3v) is 3.29. The van der Waals surface area contributed by atoms with Gasteiger partial charge in [-0.05, 0) is 12.1 Å². The molecule has 0 saturated carbocycles. The van der Waals surface area contributed by atoms with E-state index in [-0.39, 0.29) is 6.10 Å². The first-order valence-corrected chi connectivity index (χ1v) is 6.03. The molecule has 1 aliphatic heterocycles. The van der Waals surface area contributed by atoms with Crippen molar-refractivity contribution in [2.45, 2.75) is 6.10 Å². The number of hydrogen-bond donors (Lipinski definition) is 1. The van der Waals surface area contributed by atoms with Crippen LogP contribution < -0.4 is 5.73 Å². The molecule has 1 atom stereocenters. The SMILES string of the molecule is Nc1ccc(-c2nc(C3COCCO3)no2)s1. The van der Waals surface area contributed by atoms with E-state index in [2.05, 4.69) is 10.1 Å². The van der Waals surface area contributed by atoms with Crippen molar-refractivity contribution in [3.05, 3.63) is 18.0 Å². The third kappa shape index (κ3) is 2.17. The average molecular weight is 253 g/mol. The number of ether oxygens (including phenoxy) is 2. The molecule has 90 valence electrons. The highest BCUT2D eigenvalue weighted by atomic mass is 32.1. The van der Waals surface area contributed by atoms with Gasteiger partial charge in [-0.1, -0.05) is 5.16 Å². The number of nitrogen functional groups attached to an aromatic ring is 1. The van der Waals surface area contributed by atoms with Crippen LogP contribution in [0.1, 0.15) is 11.9 Å². The van der Waals surface area contributed by atoms with Gasteiger partial charge < -0.3 is 19.7 Å². The van der Waals surface area contributed by atoms with Gasteiger partial charge in [-0.2, -0.15) is 4.98 Å². The molecule has 0 spiro atoms. The Hall–Kier alpha value is -1.44. The molecule has 7 heteroatoms. The molecule has 1 unspecified atom stereocenters. The maximum absolute atomic E-state index is 5.65. The van der Waals surface area contributed by atoms with Gasteiger partial charge in [-0.25, -0.2) is 0 Å². The van der Waals surface area contributed by atoms with Crippen LogP contribution in [0.25, 0.3) is 10.8 Å². The van der Waals surface area contributed by atoms with Crippen LogP contribution in [0.4, 0.5) is 5.00 Å². The van der Waals surface area contributed by atoms with Crippen molar-refractivity contribution in [1.82, 2.24) is 10.1 Å². The first-order chi connectivity index (χ1) is 8.33. The lowest BCUT2D eigenvalue weighted by Crippen LogP contribution is -2.22. The lowest BCUT2D eigenvalue weighted by atomic mass is 10.3. The average Bonchev–Trinajstić information content (AvgIpc) is 2.98. The molecule has 0 bridgehead atoms. The number of thiophene rings is 1. The van der Waals surface area contributed by atoms with Crippen molar-refractivity contribution in [3.63, 3.8) is 0 Å². The topological polar surface area (TPSA) is 83.4 Å². The standard InChI is InChI=1S/C10H11N3O3S/c11-8-2-1-7(17-8)10-12-9(13-16-10)6-5-14-3-4-15-6/h1-2,6H,3-5,11H2. The highest BCUT2D eigenvalue weighted by Crippen LogP contribution is 2.29. The van der Waals surface area contributed by atoms with Gasteiger partial charge >= 0.3 is 0 Å². The van der Waals surface area contributed by atoms with Crippen molar-refractivity contribution < 1.29 is 14.0 Å². The first-order valence-electron chi connectivity index (χ1n) is 5.21. The highest BCUT2D eigenvalue weighted by molar-refractivity contribution is 7.19. The Morgan fingerprint density at radius 2 is 2.29 bits per heavy atom. The van der Waals surface area contributed by atoms with Crippen LogP contribution in [-0.2, 0) is 9.47 Å². The predicted octanol–water partition coefficient (Wildman–Crippen LogP) is 1.47. The lowest BCUT2D eigenvalue weighted by molar-refractivity contribution is -0.0941. The second-order valence-electron chi connectivity index (χ2n) is 3.59. The fraction of sp³-hybridized carbons (Fsp3) is 0.400. The van der Waals surface area contributed by atoms with Crippen molar-refractivity contribution in [3.8, 4) is 10.8 Å². The highest BCUT2D eigenvalue weighted by Gasteiger charge is 2.23. The molecule has 17 heavy (non-hydrogen) atoms. The van der Waals surface area contributed by atoms with Crippen LogP contribution >= 0.6 is 11.3 Å².